The summed E-state index contributed by atoms with van der Waals surface area (Å²) in [6, 6.07) is 5.05. The number of aryl methyl sites for hydroxylation is 1. The Morgan fingerprint density at radius 1 is 1.36 bits per heavy atom. The smallest absolute Gasteiger partial charge is 0.278 e. The molecule has 1 aromatic carbocycles. The minimum absolute atomic E-state index is 0.220. The van der Waals surface area contributed by atoms with Crippen molar-refractivity contribution in [3.05, 3.63) is 50.9 Å². The first-order valence-corrected chi connectivity index (χ1v) is 8.35. The quantitative estimate of drug-likeness (QED) is 0.745. The lowest BCUT2D eigenvalue weighted by molar-refractivity contribution is 0.103. The molecule has 0 fully saturated rings. The summed E-state index contributed by atoms with van der Waals surface area (Å²) in [5.41, 5.74) is 3.09. The number of benzene rings is 1. The molecule has 0 atom stereocenters. The highest BCUT2D eigenvalue weighted by molar-refractivity contribution is 7.12. The molecule has 0 radical (unpaired) electrons. The second kappa shape index (κ2) is 6.43. The summed E-state index contributed by atoms with van der Waals surface area (Å²) in [5, 5.41) is 5.58. The van der Waals surface area contributed by atoms with Crippen LogP contribution in [0.1, 0.15) is 15.4 Å². The first-order chi connectivity index (χ1) is 10.6. The average Bonchev–Trinajstić information content (AvgIpc) is 3.13. The van der Waals surface area contributed by atoms with Gasteiger partial charge in [-0.1, -0.05) is 22.9 Å². The van der Waals surface area contributed by atoms with Gasteiger partial charge < -0.3 is 10.1 Å². The number of carbonyl (C=O) groups is 1. The largest absolute Gasteiger partial charge is 0.429 e. The topological polar surface area (TPSA) is 64.1 Å². The first kappa shape index (κ1) is 15.0. The lowest BCUT2D eigenvalue weighted by Gasteiger charge is -2.08. The van der Waals surface area contributed by atoms with Crippen LogP contribution in [-0.2, 0) is 0 Å². The summed E-state index contributed by atoms with van der Waals surface area (Å²) in [5.74, 6) is 0.273. The van der Waals surface area contributed by atoms with Crippen LogP contribution in [0.4, 0.5) is 5.69 Å². The fraction of sp³-hybridized carbons (Fsp3) is 0.0714. The van der Waals surface area contributed by atoms with Gasteiger partial charge in [0.25, 0.3) is 11.1 Å². The number of rotatable bonds is 4. The molecular weight excluding hydrogens is 342 g/mol. The third-order valence-electron chi connectivity index (χ3n) is 2.64. The van der Waals surface area contributed by atoms with Crippen molar-refractivity contribution >= 4 is 45.9 Å². The third-order valence-corrected chi connectivity index (χ3v) is 4.54. The Kier molecular flexibility index (Phi) is 4.37. The molecule has 0 saturated heterocycles. The number of nitrogens with zero attached hydrogens (tertiary/aromatic N) is 2. The molecule has 8 heteroatoms. The van der Waals surface area contributed by atoms with Gasteiger partial charge in [0.1, 0.15) is 10.6 Å². The maximum absolute atomic E-state index is 11.9. The minimum atomic E-state index is -0.220. The number of amides is 1. The summed E-state index contributed by atoms with van der Waals surface area (Å²) < 4.78 is 5.62. The molecule has 1 N–H and O–H groups in total. The van der Waals surface area contributed by atoms with E-state index in [-0.39, 0.29) is 5.91 Å². The zero-order valence-corrected chi connectivity index (χ0v) is 13.8. The van der Waals surface area contributed by atoms with Gasteiger partial charge >= 0.3 is 0 Å². The molecule has 2 heterocycles. The molecule has 0 unspecified atom stereocenters. The van der Waals surface area contributed by atoms with Crippen LogP contribution in [0.15, 0.2) is 35.3 Å². The van der Waals surface area contributed by atoms with Gasteiger partial charge in [0, 0.05) is 11.1 Å². The number of carbonyl (C=O) groups excluding carboxylic acids is 1. The summed E-state index contributed by atoms with van der Waals surface area (Å²) in [7, 11) is 0. The summed E-state index contributed by atoms with van der Waals surface area (Å²) in [6.45, 7) is 1.89. The molecule has 22 heavy (non-hydrogen) atoms. The molecule has 112 valence electrons. The Labute approximate surface area is 139 Å². The minimum Gasteiger partial charge on any atom is -0.429 e. The zero-order chi connectivity index (χ0) is 15.5. The van der Waals surface area contributed by atoms with Crippen molar-refractivity contribution in [3.8, 4) is 10.9 Å². The molecule has 0 aliphatic carbocycles. The second-order valence-electron chi connectivity index (χ2n) is 4.32. The van der Waals surface area contributed by atoms with Gasteiger partial charge in [0.05, 0.1) is 22.4 Å². The standard InChI is InChI=1S/C14H10ClN3O2S2/c1-8-6-21-14(17-8)20-11-3-2-9(4-10(11)15)18-13(19)12-5-16-7-22-12/h2-7H,1H3,(H,18,19). The van der Waals surface area contributed by atoms with E-state index >= 15 is 0 Å². The SMILES string of the molecule is Cc1csc(Oc2ccc(NC(=O)c3cncs3)cc2Cl)n1. The normalized spacial score (nSPS) is 10.5. The van der Waals surface area contributed by atoms with E-state index in [9.17, 15) is 4.79 Å². The van der Waals surface area contributed by atoms with Crippen LogP contribution < -0.4 is 10.1 Å². The predicted octanol–water partition coefficient (Wildman–Crippen LogP) is 4.61. The second-order valence-corrected chi connectivity index (χ2v) is 6.44. The van der Waals surface area contributed by atoms with E-state index in [0.717, 1.165) is 5.69 Å². The average molecular weight is 352 g/mol. The summed E-state index contributed by atoms with van der Waals surface area (Å²) in [6.07, 6.45) is 1.52. The molecule has 2 aromatic heterocycles. The van der Waals surface area contributed by atoms with Gasteiger partial charge in [0.2, 0.25) is 0 Å². The zero-order valence-electron chi connectivity index (χ0n) is 11.4. The number of hydrogen-bond acceptors (Lipinski definition) is 6. The van der Waals surface area contributed by atoms with Crippen LogP contribution in [0.2, 0.25) is 5.02 Å². The summed E-state index contributed by atoms with van der Waals surface area (Å²) in [4.78, 5) is 20.6. The Morgan fingerprint density at radius 3 is 2.86 bits per heavy atom. The van der Waals surface area contributed by atoms with E-state index in [1.54, 1.807) is 23.7 Å². The Morgan fingerprint density at radius 2 is 2.23 bits per heavy atom. The van der Waals surface area contributed by atoms with Crippen LogP contribution in [0.25, 0.3) is 0 Å². The van der Waals surface area contributed by atoms with Crippen molar-refractivity contribution in [3.63, 3.8) is 0 Å². The van der Waals surface area contributed by atoms with Gasteiger partial charge in [-0.05, 0) is 25.1 Å². The van der Waals surface area contributed by atoms with Crippen LogP contribution in [0.5, 0.6) is 10.9 Å². The van der Waals surface area contributed by atoms with Crippen LogP contribution in [0.3, 0.4) is 0 Å². The van der Waals surface area contributed by atoms with E-state index in [1.807, 2.05) is 12.3 Å². The van der Waals surface area contributed by atoms with Crippen molar-refractivity contribution in [1.82, 2.24) is 9.97 Å². The fourth-order valence-corrected chi connectivity index (χ4v) is 3.05. The van der Waals surface area contributed by atoms with E-state index in [0.29, 0.717) is 26.5 Å². The lowest BCUT2D eigenvalue weighted by Crippen LogP contribution is -2.10. The molecule has 0 aliphatic rings. The Hall–Kier alpha value is -1.96. The number of halogens is 1. The first-order valence-electron chi connectivity index (χ1n) is 6.21. The molecular formula is C14H10ClN3O2S2. The number of hydrogen-bond donors (Lipinski definition) is 1. The lowest BCUT2D eigenvalue weighted by atomic mass is 10.3. The Balaban J connectivity index is 1.73. The van der Waals surface area contributed by atoms with Gasteiger partial charge in [0.15, 0.2) is 0 Å². The summed E-state index contributed by atoms with van der Waals surface area (Å²) >= 11 is 8.86. The molecule has 0 spiro atoms. The van der Waals surface area contributed by atoms with E-state index < -0.39 is 0 Å². The molecule has 5 nitrogen and oxygen atoms in total. The Bertz CT molecular complexity index is 802. The predicted molar refractivity (Wildman–Crippen MR) is 88.4 cm³/mol. The van der Waals surface area contributed by atoms with Gasteiger partial charge in [-0.25, -0.2) is 4.98 Å². The van der Waals surface area contributed by atoms with Crippen molar-refractivity contribution in [2.24, 2.45) is 0 Å². The van der Waals surface area contributed by atoms with Crippen molar-refractivity contribution in [2.45, 2.75) is 6.92 Å². The number of thiazole rings is 2. The fourth-order valence-electron chi connectivity index (χ4n) is 1.66. The molecule has 3 aromatic rings. The maximum Gasteiger partial charge on any atom is 0.278 e. The molecule has 3 rings (SSSR count). The van der Waals surface area contributed by atoms with Crippen molar-refractivity contribution < 1.29 is 9.53 Å². The highest BCUT2D eigenvalue weighted by atomic mass is 35.5. The highest BCUT2D eigenvalue weighted by Crippen LogP contribution is 2.33. The molecule has 1 amide bonds. The highest BCUT2D eigenvalue weighted by Gasteiger charge is 2.11. The van der Waals surface area contributed by atoms with Gasteiger partial charge in [-0.2, -0.15) is 0 Å². The molecule has 0 aliphatic heterocycles. The van der Waals surface area contributed by atoms with Crippen LogP contribution in [-0.4, -0.2) is 15.9 Å². The molecule has 0 saturated carbocycles. The van der Waals surface area contributed by atoms with E-state index in [4.69, 9.17) is 16.3 Å². The van der Waals surface area contributed by atoms with Crippen LogP contribution >= 0.6 is 34.3 Å². The van der Waals surface area contributed by atoms with Crippen molar-refractivity contribution in [1.29, 1.82) is 0 Å². The number of nitrogens with one attached hydrogen (secondary N) is 1. The van der Waals surface area contributed by atoms with Crippen molar-refractivity contribution in [2.75, 3.05) is 5.32 Å². The van der Waals surface area contributed by atoms with Gasteiger partial charge in [-0.3, -0.25) is 9.78 Å². The number of aromatic nitrogens is 2. The number of anilines is 1. The van der Waals surface area contributed by atoms with Gasteiger partial charge in [-0.15, -0.1) is 11.3 Å². The molecule has 0 bridgehead atoms. The van der Waals surface area contributed by atoms with Crippen LogP contribution in [0, 0.1) is 6.92 Å². The van der Waals surface area contributed by atoms with E-state index in [2.05, 4.69) is 15.3 Å². The van der Waals surface area contributed by atoms with E-state index in [1.165, 1.54) is 28.9 Å². The maximum atomic E-state index is 11.9. The third kappa shape index (κ3) is 3.44. The number of ether oxygens (including phenoxy) is 1. The monoisotopic (exact) mass is 351 g/mol.